The standard InChI is InChI=1S/C13H15NO/c1-10(2)8-14-7-6-11-4-3-5-12(9-15)13(11)14/h3-7,15H,1,8-9H2,2H3. The second kappa shape index (κ2) is 3.91. The van der Waals surface area contributed by atoms with Crippen molar-refractivity contribution in [1.29, 1.82) is 0 Å². The van der Waals surface area contributed by atoms with Crippen LogP contribution < -0.4 is 0 Å². The Labute approximate surface area is 89.5 Å². The van der Waals surface area contributed by atoms with Crippen LogP contribution >= 0.6 is 0 Å². The van der Waals surface area contributed by atoms with Crippen molar-refractivity contribution in [2.24, 2.45) is 0 Å². The predicted molar refractivity (Wildman–Crippen MR) is 62.7 cm³/mol. The molecule has 1 N–H and O–H groups in total. The minimum atomic E-state index is 0.0809. The monoisotopic (exact) mass is 201 g/mol. The maximum absolute atomic E-state index is 9.28. The Morgan fingerprint density at radius 1 is 1.40 bits per heavy atom. The number of rotatable bonds is 3. The molecule has 0 spiro atoms. The van der Waals surface area contributed by atoms with Crippen LogP contribution in [0.1, 0.15) is 12.5 Å². The Morgan fingerprint density at radius 3 is 2.87 bits per heavy atom. The minimum Gasteiger partial charge on any atom is -0.392 e. The summed E-state index contributed by atoms with van der Waals surface area (Å²) < 4.78 is 2.13. The van der Waals surface area contributed by atoms with Gasteiger partial charge in [0.2, 0.25) is 0 Å². The zero-order valence-corrected chi connectivity index (χ0v) is 8.90. The van der Waals surface area contributed by atoms with E-state index in [0.717, 1.165) is 23.2 Å². The number of aromatic nitrogens is 1. The quantitative estimate of drug-likeness (QED) is 0.759. The number of aliphatic hydroxyl groups is 1. The second-order valence-corrected chi connectivity index (χ2v) is 3.91. The molecule has 0 fully saturated rings. The molecule has 0 amide bonds. The zero-order valence-electron chi connectivity index (χ0n) is 8.90. The third kappa shape index (κ3) is 1.81. The van der Waals surface area contributed by atoms with Crippen LogP contribution in [-0.4, -0.2) is 9.67 Å². The van der Waals surface area contributed by atoms with Crippen LogP contribution in [0.25, 0.3) is 10.9 Å². The molecule has 0 saturated heterocycles. The Balaban J connectivity index is 2.60. The lowest BCUT2D eigenvalue weighted by Crippen LogP contribution is -1.99. The summed E-state index contributed by atoms with van der Waals surface area (Å²) in [5.74, 6) is 0. The van der Waals surface area contributed by atoms with E-state index < -0.39 is 0 Å². The molecule has 0 aliphatic rings. The summed E-state index contributed by atoms with van der Waals surface area (Å²) in [5, 5.41) is 10.4. The number of fused-ring (bicyclic) bond motifs is 1. The molecule has 1 aromatic heterocycles. The Morgan fingerprint density at radius 2 is 2.20 bits per heavy atom. The molecule has 15 heavy (non-hydrogen) atoms. The average Bonchev–Trinajstić information content (AvgIpc) is 2.61. The number of nitrogens with zero attached hydrogens (tertiary/aromatic N) is 1. The van der Waals surface area contributed by atoms with E-state index in [9.17, 15) is 5.11 Å². The summed E-state index contributed by atoms with van der Waals surface area (Å²) in [6, 6.07) is 8.05. The lowest BCUT2D eigenvalue weighted by molar-refractivity contribution is 0.283. The predicted octanol–water partition coefficient (Wildman–Crippen LogP) is 2.71. The fourth-order valence-electron chi connectivity index (χ4n) is 1.89. The minimum absolute atomic E-state index is 0.0809. The van der Waals surface area contributed by atoms with Crippen LogP contribution in [0.2, 0.25) is 0 Å². The number of allylic oxidation sites excluding steroid dienone is 1. The molecule has 1 aromatic carbocycles. The van der Waals surface area contributed by atoms with E-state index in [0.29, 0.717) is 0 Å². The lowest BCUT2D eigenvalue weighted by atomic mass is 10.1. The van der Waals surface area contributed by atoms with Crippen molar-refractivity contribution in [3.8, 4) is 0 Å². The highest BCUT2D eigenvalue weighted by atomic mass is 16.3. The first-order valence-electron chi connectivity index (χ1n) is 5.04. The summed E-state index contributed by atoms with van der Waals surface area (Å²) in [6.45, 7) is 6.80. The van der Waals surface area contributed by atoms with Crippen molar-refractivity contribution >= 4 is 10.9 Å². The smallest absolute Gasteiger partial charge is 0.0702 e. The van der Waals surface area contributed by atoms with Crippen LogP contribution in [0.4, 0.5) is 0 Å². The highest BCUT2D eigenvalue weighted by Crippen LogP contribution is 2.21. The van der Waals surface area contributed by atoms with Gasteiger partial charge in [0.05, 0.1) is 12.1 Å². The number of para-hydroxylation sites is 1. The molecule has 0 atom stereocenters. The molecule has 0 aliphatic heterocycles. The van der Waals surface area contributed by atoms with E-state index in [1.54, 1.807) is 0 Å². The van der Waals surface area contributed by atoms with Gasteiger partial charge in [0.15, 0.2) is 0 Å². The number of hydrogen-bond donors (Lipinski definition) is 1. The van der Waals surface area contributed by atoms with E-state index in [1.807, 2.05) is 25.3 Å². The topological polar surface area (TPSA) is 25.2 Å². The van der Waals surface area contributed by atoms with Crippen LogP contribution in [-0.2, 0) is 13.2 Å². The Hall–Kier alpha value is -1.54. The Kier molecular flexibility index (Phi) is 2.60. The molecule has 0 aliphatic carbocycles. The summed E-state index contributed by atoms with van der Waals surface area (Å²) in [5.41, 5.74) is 3.20. The molecule has 2 rings (SSSR count). The average molecular weight is 201 g/mol. The molecule has 0 radical (unpaired) electrons. The first-order valence-corrected chi connectivity index (χ1v) is 5.04. The summed E-state index contributed by atoms with van der Waals surface area (Å²) in [4.78, 5) is 0. The van der Waals surface area contributed by atoms with Crippen molar-refractivity contribution in [1.82, 2.24) is 4.57 Å². The van der Waals surface area contributed by atoms with Gasteiger partial charge in [-0.1, -0.05) is 30.4 Å². The number of aliphatic hydroxyl groups excluding tert-OH is 1. The van der Waals surface area contributed by atoms with Gasteiger partial charge < -0.3 is 9.67 Å². The maximum atomic E-state index is 9.28. The van der Waals surface area contributed by atoms with Gasteiger partial charge in [0.25, 0.3) is 0 Å². The van der Waals surface area contributed by atoms with E-state index in [2.05, 4.69) is 23.3 Å². The van der Waals surface area contributed by atoms with Gasteiger partial charge in [-0.15, -0.1) is 0 Å². The molecule has 0 bridgehead atoms. The van der Waals surface area contributed by atoms with Gasteiger partial charge in [-0.05, 0) is 18.4 Å². The van der Waals surface area contributed by atoms with Gasteiger partial charge in [-0.2, -0.15) is 0 Å². The van der Waals surface area contributed by atoms with E-state index in [-0.39, 0.29) is 6.61 Å². The van der Waals surface area contributed by atoms with Crippen LogP contribution in [0.5, 0.6) is 0 Å². The molecule has 0 unspecified atom stereocenters. The largest absolute Gasteiger partial charge is 0.392 e. The van der Waals surface area contributed by atoms with Crippen molar-refractivity contribution in [3.05, 3.63) is 48.2 Å². The number of hydrogen-bond acceptors (Lipinski definition) is 1. The highest BCUT2D eigenvalue weighted by molar-refractivity contribution is 5.83. The van der Waals surface area contributed by atoms with Crippen LogP contribution in [0, 0.1) is 0 Å². The van der Waals surface area contributed by atoms with Crippen LogP contribution in [0.3, 0.4) is 0 Å². The zero-order chi connectivity index (χ0) is 10.8. The first kappa shape index (κ1) is 9.99. The Bertz CT molecular complexity index is 496. The molecule has 2 heteroatoms. The van der Waals surface area contributed by atoms with E-state index in [1.165, 1.54) is 5.39 Å². The fourth-order valence-corrected chi connectivity index (χ4v) is 1.89. The van der Waals surface area contributed by atoms with Gasteiger partial charge in [0, 0.05) is 18.3 Å². The van der Waals surface area contributed by atoms with E-state index >= 15 is 0 Å². The van der Waals surface area contributed by atoms with Crippen molar-refractivity contribution < 1.29 is 5.11 Å². The van der Waals surface area contributed by atoms with Crippen molar-refractivity contribution in [2.75, 3.05) is 0 Å². The van der Waals surface area contributed by atoms with E-state index in [4.69, 9.17) is 0 Å². The third-order valence-corrected chi connectivity index (χ3v) is 2.48. The second-order valence-electron chi connectivity index (χ2n) is 3.91. The van der Waals surface area contributed by atoms with Gasteiger partial charge >= 0.3 is 0 Å². The normalized spacial score (nSPS) is 10.8. The van der Waals surface area contributed by atoms with Crippen LogP contribution in [0.15, 0.2) is 42.6 Å². The summed E-state index contributed by atoms with van der Waals surface area (Å²) >= 11 is 0. The summed E-state index contributed by atoms with van der Waals surface area (Å²) in [6.07, 6.45) is 2.04. The molecular formula is C13H15NO. The molecule has 2 nitrogen and oxygen atoms in total. The maximum Gasteiger partial charge on any atom is 0.0702 e. The molecular weight excluding hydrogens is 186 g/mol. The molecule has 1 heterocycles. The lowest BCUT2D eigenvalue weighted by Gasteiger charge is -2.07. The molecule has 0 saturated carbocycles. The van der Waals surface area contributed by atoms with Crippen molar-refractivity contribution in [2.45, 2.75) is 20.1 Å². The van der Waals surface area contributed by atoms with Gasteiger partial charge in [-0.3, -0.25) is 0 Å². The van der Waals surface area contributed by atoms with Gasteiger partial charge in [0.1, 0.15) is 0 Å². The SMILES string of the molecule is C=C(C)Cn1ccc2cccc(CO)c21. The van der Waals surface area contributed by atoms with Gasteiger partial charge in [-0.25, -0.2) is 0 Å². The number of benzene rings is 1. The summed E-state index contributed by atoms with van der Waals surface area (Å²) in [7, 11) is 0. The molecule has 78 valence electrons. The third-order valence-electron chi connectivity index (χ3n) is 2.48. The highest BCUT2D eigenvalue weighted by Gasteiger charge is 2.05. The fraction of sp³-hybridized carbons (Fsp3) is 0.231. The van der Waals surface area contributed by atoms with Crippen molar-refractivity contribution in [3.63, 3.8) is 0 Å². The first-order chi connectivity index (χ1) is 7.22. The molecule has 2 aromatic rings.